The third kappa shape index (κ3) is 3.58. The first-order chi connectivity index (χ1) is 13.3. The van der Waals surface area contributed by atoms with Gasteiger partial charge in [0.15, 0.2) is 0 Å². The predicted octanol–water partition coefficient (Wildman–Crippen LogP) is 1.42. The van der Waals surface area contributed by atoms with Gasteiger partial charge in [-0.3, -0.25) is 14.4 Å². The summed E-state index contributed by atoms with van der Waals surface area (Å²) in [6.07, 6.45) is 3.24. The van der Waals surface area contributed by atoms with E-state index in [9.17, 15) is 4.79 Å². The fourth-order valence-electron chi connectivity index (χ4n) is 4.33. The third-order valence-electron chi connectivity index (χ3n) is 5.76. The molecule has 5 rings (SSSR count). The maximum atomic E-state index is 12.5. The van der Waals surface area contributed by atoms with E-state index in [4.69, 9.17) is 14.9 Å². The molecule has 0 saturated carbocycles. The first-order valence-electron chi connectivity index (χ1n) is 9.81. The average molecular weight is 388 g/mol. The van der Waals surface area contributed by atoms with Crippen LogP contribution in [0.25, 0.3) is 0 Å². The molecular formula is C19H25N5O2S. The van der Waals surface area contributed by atoms with Crippen LogP contribution >= 0.6 is 11.8 Å². The van der Waals surface area contributed by atoms with Gasteiger partial charge in [-0.2, -0.15) is 22.0 Å². The quantitative estimate of drug-likeness (QED) is 0.791. The van der Waals surface area contributed by atoms with Gasteiger partial charge in [-0.05, 0) is 36.8 Å². The fourth-order valence-corrected chi connectivity index (χ4v) is 5.28. The summed E-state index contributed by atoms with van der Waals surface area (Å²) in [5.41, 5.74) is 4.54. The van der Waals surface area contributed by atoms with Crippen LogP contribution in [0, 0.1) is 0 Å². The molecule has 1 unspecified atom stereocenters. The molecule has 27 heavy (non-hydrogen) atoms. The van der Waals surface area contributed by atoms with Crippen molar-refractivity contribution >= 4 is 11.8 Å². The van der Waals surface area contributed by atoms with E-state index in [1.54, 1.807) is 10.7 Å². The highest BCUT2D eigenvalue weighted by atomic mass is 32.2. The van der Waals surface area contributed by atoms with Crippen molar-refractivity contribution in [3.05, 3.63) is 45.1 Å². The summed E-state index contributed by atoms with van der Waals surface area (Å²) in [5, 5.41) is 9.44. The summed E-state index contributed by atoms with van der Waals surface area (Å²) in [6, 6.07) is 4.31. The molecule has 3 aliphatic rings. The van der Waals surface area contributed by atoms with Crippen molar-refractivity contribution in [1.29, 1.82) is 0 Å². The molecule has 0 bridgehead atoms. The van der Waals surface area contributed by atoms with Crippen LogP contribution in [0.1, 0.15) is 35.5 Å². The summed E-state index contributed by atoms with van der Waals surface area (Å²) in [7, 11) is 0. The summed E-state index contributed by atoms with van der Waals surface area (Å²) in [5.74, 6) is 2.02. The molecule has 144 valence electrons. The molecule has 8 heteroatoms. The van der Waals surface area contributed by atoms with E-state index in [1.165, 1.54) is 0 Å². The van der Waals surface area contributed by atoms with Gasteiger partial charge in [-0.1, -0.05) is 0 Å². The first-order valence-corrected chi connectivity index (χ1v) is 11.0. The highest BCUT2D eigenvalue weighted by Crippen LogP contribution is 2.24. The van der Waals surface area contributed by atoms with E-state index in [2.05, 4.69) is 15.6 Å². The van der Waals surface area contributed by atoms with E-state index >= 15 is 0 Å². The number of hydrogen-bond acceptors (Lipinski definition) is 6. The molecule has 1 saturated heterocycles. The van der Waals surface area contributed by atoms with Crippen molar-refractivity contribution < 1.29 is 4.74 Å². The Hall–Kier alpha value is -1.64. The van der Waals surface area contributed by atoms with E-state index < -0.39 is 0 Å². The molecule has 5 heterocycles. The largest absolute Gasteiger partial charge is 0.373 e. The van der Waals surface area contributed by atoms with Crippen LogP contribution in [-0.2, 0) is 43.2 Å². The van der Waals surface area contributed by atoms with Gasteiger partial charge in [0.25, 0.3) is 5.56 Å². The Morgan fingerprint density at radius 2 is 2.22 bits per heavy atom. The monoisotopic (exact) mass is 387 g/mol. The van der Waals surface area contributed by atoms with Crippen LogP contribution in [0.3, 0.4) is 0 Å². The molecule has 1 atom stereocenters. The topological polar surface area (TPSA) is 65.2 Å². The van der Waals surface area contributed by atoms with Gasteiger partial charge in [-0.15, -0.1) is 0 Å². The number of ether oxygens (including phenoxy) is 1. The van der Waals surface area contributed by atoms with Crippen LogP contribution < -0.4 is 5.56 Å². The van der Waals surface area contributed by atoms with Crippen molar-refractivity contribution in [3.8, 4) is 0 Å². The summed E-state index contributed by atoms with van der Waals surface area (Å²) in [4.78, 5) is 15.0. The lowest BCUT2D eigenvalue weighted by atomic mass is 10.2. The lowest BCUT2D eigenvalue weighted by molar-refractivity contribution is 0.0799. The normalized spacial score (nSPS) is 22.6. The number of thioether (sulfide) groups is 1. The number of aromatic nitrogens is 4. The number of fused-ring (bicyclic) bond motifs is 2. The second-order valence-corrected chi connectivity index (χ2v) is 8.71. The van der Waals surface area contributed by atoms with Crippen LogP contribution in [-0.4, -0.2) is 49.4 Å². The summed E-state index contributed by atoms with van der Waals surface area (Å²) < 4.78 is 9.28. The van der Waals surface area contributed by atoms with Crippen molar-refractivity contribution in [2.45, 2.75) is 57.3 Å². The maximum Gasteiger partial charge on any atom is 0.267 e. The number of likely N-dealkylation sites (tertiary alicyclic amines) is 1. The second kappa shape index (κ2) is 7.41. The smallest absolute Gasteiger partial charge is 0.267 e. The Morgan fingerprint density at radius 1 is 1.26 bits per heavy atom. The number of aryl methyl sites for hydroxylation is 1. The zero-order chi connectivity index (χ0) is 18.2. The average Bonchev–Trinajstić information content (AvgIpc) is 3.29. The van der Waals surface area contributed by atoms with Crippen molar-refractivity contribution in [3.63, 3.8) is 0 Å². The van der Waals surface area contributed by atoms with E-state index in [0.717, 1.165) is 79.7 Å². The van der Waals surface area contributed by atoms with E-state index in [0.29, 0.717) is 19.2 Å². The molecule has 3 aliphatic heterocycles. The molecule has 0 radical (unpaired) electrons. The van der Waals surface area contributed by atoms with Crippen LogP contribution in [0.5, 0.6) is 0 Å². The van der Waals surface area contributed by atoms with Crippen molar-refractivity contribution in [2.24, 2.45) is 0 Å². The van der Waals surface area contributed by atoms with Gasteiger partial charge < -0.3 is 4.74 Å². The van der Waals surface area contributed by atoms with Gasteiger partial charge in [0.1, 0.15) is 0 Å². The van der Waals surface area contributed by atoms with Crippen LogP contribution in [0.15, 0.2) is 16.9 Å². The van der Waals surface area contributed by atoms with Crippen molar-refractivity contribution in [1.82, 2.24) is 24.5 Å². The van der Waals surface area contributed by atoms with E-state index in [1.807, 2.05) is 11.8 Å². The zero-order valence-electron chi connectivity index (χ0n) is 15.5. The Bertz CT molecular complexity index is 869. The molecule has 2 aromatic rings. The number of rotatable bonds is 4. The minimum absolute atomic E-state index is 0.0395. The zero-order valence-corrected chi connectivity index (χ0v) is 16.3. The Labute approximate surface area is 162 Å². The van der Waals surface area contributed by atoms with Gasteiger partial charge in [0, 0.05) is 30.8 Å². The minimum atomic E-state index is 0.0395. The Kier molecular flexibility index (Phi) is 4.79. The molecule has 0 aliphatic carbocycles. The standard InChI is InChI=1S/C19H25N5O2S/c25-19-8-14-13-27-7-3-18(14)21-24(19)11-16-2-1-4-22(16)10-15-9-17-12-26-6-5-23(17)20-15/h8-9,16H,1-7,10-13H2. The molecular weight excluding hydrogens is 362 g/mol. The van der Waals surface area contributed by atoms with Gasteiger partial charge in [-0.25, -0.2) is 4.68 Å². The highest BCUT2D eigenvalue weighted by molar-refractivity contribution is 7.98. The van der Waals surface area contributed by atoms with Crippen LogP contribution in [0.4, 0.5) is 0 Å². The number of hydrogen-bond donors (Lipinski definition) is 0. The van der Waals surface area contributed by atoms with Crippen LogP contribution in [0.2, 0.25) is 0 Å². The fraction of sp³-hybridized carbons (Fsp3) is 0.632. The first kappa shape index (κ1) is 17.5. The molecule has 2 aromatic heterocycles. The van der Waals surface area contributed by atoms with E-state index in [-0.39, 0.29) is 5.56 Å². The summed E-state index contributed by atoms with van der Waals surface area (Å²) >= 11 is 1.88. The van der Waals surface area contributed by atoms with Gasteiger partial charge in [0.2, 0.25) is 0 Å². The predicted molar refractivity (Wildman–Crippen MR) is 104 cm³/mol. The molecule has 0 spiro atoms. The SMILES string of the molecule is O=c1cc2c(nn1CC1CCCN1Cc1cc3n(n1)CCOC3)CCSC2. The van der Waals surface area contributed by atoms with Gasteiger partial charge >= 0.3 is 0 Å². The molecule has 7 nitrogen and oxygen atoms in total. The minimum Gasteiger partial charge on any atom is -0.373 e. The Morgan fingerprint density at radius 3 is 3.15 bits per heavy atom. The summed E-state index contributed by atoms with van der Waals surface area (Å²) in [6.45, 7) is 4.80. The lowest BCUT2D eigenvalue weighted by Crippen LogP contribution is -2.37. The second-order valence-electron chi connectivity index (χ2n) is 7.61. The van der Waals surface area contributed by atoms with Crippen molar-refractivity contribution in [2.75, 3.05) is 18.9 Å². The molecule has 0 amide bonds. The third-order valence-corrected chi connectivity index (χ3v) is 6.77. The maximum absolute atomic E-state index is 12.5. The van der Waals surface area contributed by atoms with Gasteiger partial charge in [0.05, 0.1) is 43.4 Å². The Balaban J connectivity index is 1.31. The highest BCUT2D eigenvalue weighted by Gasteiger charge is 2.27. The lowest BCUT2D eigenvalue weighted by Gasteiger charge is -2.24. The molecule has 0 aromatic carbocycles. The molecule has 1 fully saturated rings. The number of nitrogens with zero attached hydrogens (tertiary/aromatic N) is 5. The molecule has 0 N–H and O–H groups in total.